The number of aromatic nitrogens is 2. The molecule has 0 atom stereocenters. The number of halogens is 1. The summed E-state index contributed by atoms with van der Waals surface area (Å²) in [5.74, 6) is -0.730. The molecule has 3 aromatic rings. The fourth-order valence-corrected chi connectivity index (χ4v) is 4.78. The summed E-state index contributed by atoms with van der Waals surface area (Å²) in [6, 6.07) is 16.0. The number of carbonyl (C=O) groups is 3. The lowest BCUT2D eigenvalue weighted by atomic mass is 10.1. The molecule has 0 saturated heterocycles. The van der Waals surface area contributed by atoms with Crippen LogP contribution in [0.25, 0.3) is 0 Å². The van der Waals surface area contributed by atoms with Gasteiger partial charge in [0.1, 0.15) is 23.3 Å². The molecular weight excluding hydrogens is 532 g/mol. The average molecular weight is 563 g/mol. The molecule has 0 unspecified atom stereocenters. The van der Waals surface area contributed by atoms with E-state index in [4.69, 9.17) is 11.6 Å². The monoisotopic (exact) mass is 562 g/mol. The van der Waals surface area contributed by atoms with Crippen molar-refractivity contribution < 1.29 is 19.5 Å². The lowest BCUT2D eigenvalue weighted by Gasteiger charge is -2.23. The van der Waals surface area contributed by atoms with Crippen LogP contribution in [0.2, 0.25) is 5.15 Å². The van der Waals surface area contributed by atoms with Gasteiger partial charge >= 0.3 is 12.0 Å². The highest BCUT2D eigenvalue weighted by atomic mass is 35.5. The van der Waals surface area contributed by atoms with E-state index in [1.54, 1.807) is 24.3 Å². The first-order valence-electron chi connectivity index (χ1n) is 13.0. The molecule has 0 spiro atoms. The van der Waals surface area contributed by atoms with Gasteiger partial charge < -0.3 is 26.0 Å². The predicted molar refractivity (Wildman–Crippen MR) is 155 cm³/mol. The molecule has 1 saturated carbocycles. The van der Waals surface area contributed by atoms with E-state index in [1.807, 2.05) is 30.3 Å². The van der Waals surface area contributed by atoms with Gasteiger partial charge in [-0.05, 0) is 48.9 Å². The van der Waals surface area contributed by atoms with E-state index < -0.39 is 12.4 Å². The van der Waals surface area contributed by atoms with E-state index in [1.165, 1.54) is 11.1 Å². The van der Waals surface area contributed by atoms with Crippen molar-refractivity contribution in [2.24, 2.45) is 0 Å². The number of carboxylic acid groups (broad SMARTS) is 1. The zero-order valence-corrected chi connectivity index (χ0v) is 22.7. The lowest BCUT2D eigenvalue weighted by Crippen LogP contribution is -2.40. The van der Waals surface area contributed by atoms with Gasteiger partial charge in [0.15, 0.2) is 0 Å². The molecule has 1 aromatic heterocycles. The van der Waals surface area contributed by atoms with Crippen molar-refractivity contribution >= 4 is 46.7 Å². The number of benzene rings is 2. The number of rotatable bonds is 11. The van der Waals surface area contributed by atoms with E-state index in [0.717, 1.165) is 31.2 Å². The third-order valence-corrected chi connectivity index (χ3v) is 6.75. The molecule has 1 heterocycles. The highest BCUT2D eigenvalue weighted by molar-refractivity contribution is 6.30. The Hall–Kier alpha value is -4.44. The van der Waals surface area contributed by atoms with Gasteiger partial charge in [0.2, 0.25) is 5.91 Å². The molecule has 0 radical (unpaired) electrons. The van der Waals surface area contributed by atoms with E-state index in [0.29, 0.717) is 17.2 Å². The minimum atomic E-state index is -1.10. The maximum atomic E-state index is 12.7. The molecule has 208 valence electrons. The van der Waals surface area contributed by atoms with Crippen LogP contribution >= 0.6 is 11.6 Å². The molecule has 1 aliphatic rings. The van der Waals surface area contributed by atoms with Crippen LogP contribution in [0, 0.1) is 0 Å². The van der Waals surface area contributed by atoms with E-state index in [2.05, 4.69) is 32.5 Å². The number of carboxylic acids is 1. The molecule has 4 N–H and O–H groups in total. The molecule has 10 nitrogen and oxygen atoms in total. The number of hydrogen-bond donors (Lipinski definition) is 4. The number of aliphatic carboxylic acids is 1. The molecule has 2 aromatic carbocycles. The van der Waals surface area contributed by atoms with Crippen LogP contribution in [0.15, 0.2) is 67.4 Å². The molecule has 3 amide bonds. The number of para-hydroxylation sites is 1. The average Bonchev–Trinajstić information content (AvgIpc) is 3.43. The largest absolute Gasteiger partial charge is 0.481 e. The van der Waals surface area contributed by atoms with Gasteiger partial charge in [0, 0.05) is 29.4 Å². The minimum absolute atomic E-state index is 0.00122. The number of amides is 3. The van der Waals surface area contributed by atoms with Gasteiger partial charge in [-0.3, -0.25) is 9.59 Å². The Morgan fingerprint density at radius 1 is 1.00 bits per heavy atom. The Morgan fingerprint density at radius 2 is 1.65 bits per heavy atom. The van der Waals surface area contributed by atoms with Crippen molar-refractivity contribution in [2.75, 3.05) is 22.1 Å². The van der Waals surface area contributed by atoms with Gasteiger partial charge in [-0.1, -0.05) is 61.4 Å². The lowest BCUT2D eigenvalue weighted by molar-refractivity contribution is -0.136. The molecule has 1 fully saturated rings. The number of urea groups is 1. The van der Waals surface area contributed by atoms with Gasteiger partial charge in [-0.25, -0.2) is 14.8 Å². The van der Waals surface area contributed by atoms with Gasteiger partial charge in [0.25, 0.3) is 0 Å². The van der Waals surface area contributed by atoms with Crippen molar-refractivity contribution in [3.8, 4) is 0 Å². The van der Waals surface area contributed by atoms with Crippen LogP contribution in [-0.2, 0) is 22.4 Å². The van der Waals surface area contributed by atoms with E-state index in [-0.39, 0.29) is 47.5 Å². The summed E-state index contributed by atoms with van der Waals surface area (Å²) in [6.45, 7) is 3.72. The second-order valence-electron chi connectivity index (χ2n) is 9.48. The zero-order chi connectivity index (χ0) is 28.5. The maximum absolute atomic E-state index is 12.7. The van der Waals surface area contributed by atoms with Crippen LogP contribution in [0.4, 0.5) is 22.0 Å². The topological polar surface area (TPSA) is 137 Å². The van der Waals surface area contributed by atoms with Crippen molar-refractivity contribution in [3.05, 3.63) is 89.5 Å². The van der Waals surface area contributed by atoms with E-state index >= 15 is 0 Å². The van der Waals surface area contributed by atoms with Crippen LogP contribution in [0.1, 0.15) is 42.6 Å². The van der Waals surface area contributed by atoms with Crippen LogP contribution in [0.5, 0.6) is 0 Å². The summed E-state index contributed by atoms with van der Waals surface area (Å²) in [4.78, 5) is 47.0. The van der Waals surface area contributed by atoms with Gasteiger partial charge in [-0.15, -0.1) is 0 Å². The summed E-state index contributed by atoms with van der Waals surface area (Å²) in [7, 11) is 0. The quantitative estimate of drug-likeness (QED) is 0.241. The summed E-state index contributed by atoms with van der Waals surface area (Å²) < 4.78 is 0. The number of nitrogens with zero attached hydrogens (tertiary/aromatic N) is 3. The van der Waals surface area contributed by atoms with Crippen LogP contribution in [0.3, 0.4) is 0 Å². The first-order valence-corrected chi connectivity index (χ1v) is 13.4. The zero-order valence-electron chi connectivity index (χ0n) is 21.9. The number of anilines is 3. The first-order chi connectivity index (χ1) is 19.3. The third-order valence-electron chi connectivity index (χ3n) is 6.44. The Bertz CT molecular complexity index is 1360. The molecule has 0 bridgehead atoms. The smallest absolute Gasteiger partial charge is 0.323 e. The van der Waals surface area contributed by atoms with Crippen molar-refractivity contribution in [1.82, 2.24) is 15.3 Å². The Morgan fingerprint density at radius 3 is 2.27 bits per heavy atom. The number of hydrogen-bond acceptors (Lipinski definition) is 6. The molecule has 1 aliphatic carbocycles. The number of carbonyl (C=O) groups excluding carboxylic acids is 2. The summed E-state index contributed by atoms with van der Waals surface area (Å²) in [6.07, 6.45) is 5.37. The molecule has 11 heteroatoms. The molecule has 40 heavy (non-hydrogen) atoms. The van der Waals surface area contributed by atoms with E-state index in [9.17, 15) is 19.5 Å². The second kappa shape index (κ2) is 13.6. The fourth-order valence-electron chi connectivity index (χ4n) is 4.54. The molecular formula is C29H31ClN6O4. The molecule has 0 aliphatic heterocycles. The predicted octanol–water partition coefficient (Wildman–Crippen LogP) is 5.00. The SMILES string of the molecule is C=CN(CC(=O)NC1CCCC1)c1nc(Cc2ccc(NC(=O)Nc3ccccc3)cc2)nc(Cl)c1CC(=O)O. The van der Waals surface area contributed by atoms with Crippen LogP contribution < -0.4 is 20.9 Å². The van der Waals surface area contributed by atoms with Crippen LogP contribution in [-0.4, -0.2) is 45.6 Å². The summed E-state index contributed by atoms with van der Waals surface area (Å²) in [5.41, 5.74) is 2.32. The Kier molecular flexibility index (Phi) is 9.69. The highest BCUT2D eigenvalue weighted by Crippen LogP contribution is 2.27. The summed E-state index contributed by atoms with van der Waals surface area (Å²) in [5, 5.41) is 18.0. The third kappa shape index (κ3) is 8.03. The van der Waals surface area contributed by atoms with Crippen molar-refractivity contribution in [2.45, 2.75) is 44.6 Å². The second-order valence-corrected chi connectivity index (χ2v) is 9.84. The fraction of sp³-hybridized carbons (Fsp3) is 0.276. The normalized spacial score (nSPS) is 12.9. The minimum Gasteiger partial charge on any atom is -0.481 e. The first kappa shape index (κ1) is 28.6. The van der Waals surface area contributed by atoms with Gasteiger partial charge in [-0.2, -0.15) is 0 Å². The Balaban J connectivity index is 1.48. The van der Waals surface area contributed by atoms with Crippen molar-refractivity contribution in [3.63, 3.8) is 0 Å². The van der Waals surface area contributed by atoms with Gasteiger partial charge in [0.05, 0.1) is 6.42 Å². The Labute approximate surface area is 237 Å². The van der Waals surface area contributed by atoms with Crippen molar-refractivity contribution in [1.29, 1.82) is 0 Å². The standard InChI is InChI=1S/C29H31ClN6O4/c1-2-36(18-25(37)31-20-10-6-7-11-20)28-23(17-26(38)39)27(30)34-24(35-28)16-19-12-14-22(15-13-19)33-29(40)32-21-8-4-3-5-9-21/h2-5,8-9,12-15,20H,1,6-7,10-11,16-18H2,(H,31,37)(H,38,39)(H2,32,33,40). The summed E-state index contributed by atoms with van der Waals surface area (Å²) >= 11 is 6.44. The highest BCUT2D eigenvalue weighted by Gasteiger charge is 2.23. The number of nitrogens with one attached hydrogen (secondary N) is 3. The maximum Gasteiger partial charge on any atom is 0.323 e. The molecule has 4 rings (SSSR count).